The molecule has 0 radical (unpaired) electrons. The number of aromatic nitrogens is 4. The van der Waals surface area contributed by atoms with Crippen LogP contribution < -0.4 is 18.9 Å². The molecule has 11 nitrogen and oxygen atoms in total. The van der Waals surface area contributed by atoms with Crippen molar-refractivity contribution >= 4 is 33.7 Å². The molecule has 0 atom stereocenters. The first-order valence-electron chi connectivity index (χ1n) is 15.0. The molecule has 2 fully saturated rings. The minimum atomic E-state index is -0.967. The monoisotopic (exact) mass is 600 g/mol. The molecule has 6 rings (SSSR count). The molecule has 4 aromatic rings. The molecule has 232 valence electrons. The first-order valence-corrected chi connectivity index (χ1v) is 15.0. The molecule has 2 aliphatic rings. The first kappa shape index (κ1) is 35.3. The van der Waals surface area contributed by atoms with Gasteiger partial charge in [0.15, 0.2) is 11.4 Å². The van der Waals surface area contributed by atoms with Crippen LogP contribution in [-0.4, -0.2) is 75.1 Å². The van der Waals surface area contributed by atoms with Gasteiger partial charge < -0.3 is 24.8 Å². The van der Waals surface area contributed by atoms with Gasteiger partial charge in [-0.15, -0.1) is 0 Å². The van der Waals surface area contributed by atoms with Crippen LogP contribution in [0.1, 0.15) is 66.4 Å². The number of carboxylic acids is 1. The van der Waals surface area contributed by atoms with Gasteiger partial charge in [0.25, 0.3) is 0 Å². The minimum Gasteiger partial charge on any atom is -0.870 e. The molecule has 0 saturated carbocycles. The molecule has 4 heterocycles. The Kier molecular flexibility index (Phi) is 13.9. The fourth-order valence-corrected chi connectivity index (χ4v) is 5.78. The number of nitrogens with zero attached hydrogens (tertiary/aromatic N) is 4. The normalized spacial score (nSPS) is 15.6. The van der Waals surface area contributed by atoms with E-state index in [0.29, 0.717) is 29.5 Å². The van der Waals surface area contributed by atoms with E-state index in [1.165, 1.54) is 0 Å². The molecule has 0 aliphatic carbocycles. The van der Waals surface area contributed by atoms with Gasteiger partial charge in [0.1, 0.15) is 0 Å². The van der Waals surface area contributed by atoms with Gasteiger partial charge in [-0.3, -0.25) is 9.36 Å². The number of aromatic carboxylic acids is 1. The summed E-state index contributed by atoms with van der Waals surface area (Å²) >= 11 is 0. The number of rotatable bonds is 9. The Bertz CT molecular complexity index is 1490. The Hall–Kier alpha value is -3.20. The van der Waals surface area contributed by atoms with Crippen molar-refractivity contribution in [3.05, 3.63) is 59.9 Å². The molecule has 0 unspecified atom stereocenters. The summed E-state index contributed by atoms with van der Waals surface area (Å²) < 4.78 is 19.6. The second-order valence-electron chi connectivity index (χ2n) is 10.9. The van der Waals surface area contributed by atoms with Crippen molar-refractivity contribution in [3.8, 4) is 0 Å². The van der Waals surface area contributed by atoms with Gasteiger partial charge in [-0.2, -0.15) is 10.2 Å². The number of hydrogen-bond acceptors (Lipinski definition) is 8. The van der Waals surface area contributed by atoms with Crippen LogP contribution in [0, 0.1) is 11.8 Å². The fourth-order valence-electron chi connectivity index (χ4n) is 5.78. The largest absolute Gasteiger partial charge is 1.00 e. The average Bonchev–Trinajstić information content (AvgIpc) is 3.60. The van der Waals surface area contributed by atoms with Crippen LogP contribution in [-0.2, 0) is 27.3 Å². The fraction of sp³-hybridized carbons (Fsp3) is 0.500. The number of esters is 1. The number of aryl methyl sites for hydroxylation is 2. The van der Waals surface area contributed by atoms with Gasteiger partial charge in [0, 0.05) is 50.3 Å². The number of carbonyl (C=O) groups excluding carboxylic acids is 1. The van der Waals surface area contributed by atoms with Crippen LogP contribution in [0.3, 0.4) is 0 Å². The van der Waals surface area contributed by atoms with E-state index in [0.717, 1.165) is 94.5 Å². The molecule has 2 N–H and O–H groups in total. The van der Waals surface area contributed by atoms with Crippen molar-refractivity contribution in [1.82, 2.24) is 19.6 Å². The molecule has 44 heavy (non-hydrogen) atoms. The molecule has 2 aromatic carbocycles. The number of para-hydroxylation sites is 2. The van der Waals surface area contributed by atoms with Crippen molar-refractivity contribution in [2.24, 2.45) is 11.8 Å². The predicted octanol–water partition coefficient (Wildman–Crippen LogP) is 2.41. The maximum absolute atomic E-state index is 12.1. The van der Waals surface area contributed by atoms with Gasteiger partial charge in [0.2, 0.25) is 0 Å². The summed E-state index contributed by atoms with van der Waals surface area (Å²) in [4.78, 5) is 23.3. The van der Waals surface area contributed by atoms with Crippen LogP contribution in [0.4, 0.5) is 0 Å². The van der Waals surface area contributed by atoms with E-state index in [4.69, 9.17) is 14.2 Å². The molecule has 0 spiro atoms. The Balaban J connectivity index is 0.000000231. The van der Waals surface area contributed by atoms with Crippen molar-refractivity contribution in [1.29, 1.82) is 0 Å². The SMILES string of the molecule is CCOC(=O)c1nn(CCC2CCOCC2)c2ccccc12.O=C(O)c1nn(CCC2CCOCC2)c2ccccc12.[Li+].[OH-]. The van der Waals surface area contributed by atoms with E-state index in [1.54, 1.807) is 0 Å². The van der Waals surface area contributed by atoms with E-state index < -0.39 is 5.97 Å². The van der Waals surface area contributed by atoms with Crippen LogP contribution in [0.2, 0.25) is 0 Å². The van der Waals surface area contributed by atoms with Crippen LogP contribution in [0.5, 0.6) is 0 Å². The topological polar surface area (TPSA) is 148 Å². The summed E-state index contributed by atoms with van der Waals surface area (Å²) in [6, 6.07) is 15.4. The molecule has 2 saturated heterocycles. The first-order chi connectivity index (χ1) is 20.5. The molecule has 2 aliphatic heterocycles. The van der Waals surface area contributed by atoms with Crippen LogP contribution >= 0.6 is 0 Å². The van der Waals surface area contributed by atoms with Gasteiger partial charge in [-0.05, 0) is 69.4 Å². The van der Waals surface area contributed by atoms with Crippen molar-refractivity contribution in [2.75, 3.05) is 33.0 Å². The van der Waals surface area contributed by atoms with Gasteiger partial charge in [-0.1, -0.05) is 36.4 Å². The molecule has 2 aromatic heterocycles. The Morgan fingerprint density at radius 2 is 1.23 bits per heavy atom. The maximum atomic E-state index is 12.1. The number of carboxylic acid groups (broad SMARTS) is 1. The molecule has 12 heteroatoms. The van der Waals surface area contributed by atoms with Crippen molar-refractivity contribution in [3.63, 3.8) is 0 Å². The summed E-state index contributed by atoms with van der Waals surface area (Å²) in [7, 11) is 0. The number of hydrogen-bond donors (Lipinski definition) is 1. The Morgan fingerprint density at radius 1 is 0.795 bits per heavy atom. The van der Waals surface area contributed by atoms with E-state index >= 15 is 0 Å². The van der Waals surface area contributed by atoms with Crippen LogP contribution in [0.25, 0.3) is 21.8 Å². The molecular formula is C32H41LiN4O7. The van der Waals surface area contributed by atoms with Crippen molar-refractivity contribution in [2.45, 2.75) is 58.5 Å². The number of ether oxygens (including phenoxy) is 3. The zero-order valence-corrected chi connectivity index (χ0v) is 25.7. The van der Waals surface area contributed by atoms with Gasteiger partial charge in [0.05, 0.1) is 17.6 Å². The Labute approximate surface area is 269 Å². The summed E-state index contributed by atoms with van der Waals surface area (Å²) in [6.07, 6.45) is 6.50. The number of benzene rings is 2. The van der Waals surface area contributed by atoms with Gasteiger partial charge in [-0.25, -0.2) is 9.59 Å². The molecular weight excluding hydrogens is 559 g/mol. The van der Waals surface area contributed by atoms with E-state index in [9.17, 15) is 14.7 Å². The summed E-state index contributed by atoms with van der Waals surface area (Å²) in [5.41, 5.74) is 2.46. The second-order valence-corrected chi connectivity index (χ2v) is 10.9. The zero-order chi connectivity index (χ0) is 29.3. The van der Waals surface area contributed by atoms with E-state index in [1.807, 2.05) is 64.8 Å². The Morgan fingerprint density at radius 3 is 1.68 bits per heavy atom. The maximum Gasteiger partial charge on any atom is 1.00 e. The van der Waals surface area contributed by atoms with E-state index in [-0.39, 0.29) is 36.0 Å². The standard InChI is InChI=1S/C17H22N2O3.C15H18N2O3.Li.H2O/c1-2-22-17(20)16-14-5-3-4-6-15(14)19(18-16)10-7-13-8-11-21-12-9-13;18-15(19)14-12-3-1-2-4-13(12)17(16-14)8-5-11-6-9-20-10-7-11;;/h3-6,13H,2,7-12H2,1H3;1-4,11H,5-10H2,(H,18,19);;1H2/q;;+1;/p-1. The molecule has 0 amide bonds. The van der Waals surface area contributed by atoms with Gasteiger partial charge >= 0.3 is 30.8 Å². The average molecular weight is 601 g/mol. The van der Waals surface area contributed by atoms with Crippen LogP contribution in [0.15, 0.2) is 48.5 Å². The minimum absolute atomic E-state index is 0. The smallest absolute Gasteiger partial charge is 0.870 e. The molecule has 0 bridgehead atoms. The number of fused-ring (bicyclic) bond motifs is 2. The van der Waals surface area contributed by atoms with E-state index in [2.05, 4.69) is 10.2 Å². The quantitative estimate of drug-likeness (QED) is 0.226. The second kappa shape index (κ2) is 17.3. The van der Waals surface area contributed by atoms with Crippen molar-refractivity contribution < 1.29 is 53.2 Å². The predicted molar refractivity (Wildman–Crippen MR) is 161 cm³/mol. The summed E-state index contributed by atoms with van der Waals surface area (Å²) in [5.74, 6) is 0.0253. The third-order valence-electron chi connectivity index (χ3n) is 8.17. The number of carbonyl (C=O) groups is 2. The third kappa shape index (κ3) is 8.70. The zero-order valence-electron chi connectivity index (χ0n) is 25.7. The third-order valence-corrected chi connectivity index (χ3v) is 8.17. The summed E-state index contributed by atoms with van der Waals surface area (Å²) in [6.45, 7) is 7.15. The summed E-state index contributed by atoms with van der Waals surface area (Å²) in [5, 5.41) is 19.6.